The number of fused-ring (bicyclic) bond motifs is 7. The van der Waals surface area contributed by atoms with Crippen LogP contribution in [0, 0.1) is 46.3 Å². The third-order valence-corrected chi connectivity index (χ3v) is 11.3. The lowest BCUT2D eigenvalue weighted by atomic mass is 9.47. The van der Waals surface area contributed by atoms with Crippen molar-refractivity contribution in [2.75, 3.05) is 6.61 Å². The normalized spacial score (nSPS) is 59.8. The monoisotopic (exact) mass is 414 g/mol. The average Bonchev–Trinajstić information content (AvgIpc) is 3.16. The molecule has 2 saturated heterocycles. The van der Waals surface area contributed by atoms with E-state index in [1.165, 1.54) is 38.5 Å². The van der Waals surface area contributed by atoms with Crippen LogP contribution in [-0.4, -0.2) is 29.7 Å². The Balaban J connectivity index is 1.28. The van der Waals surface area contributed by atoms with Crippen molar-refractivity contribution in [1.82, 2.24) is 0 Å². The van der Waals surface area contributed by atoms with E-state index >= 15 is 0 Å². The van der Waals surface area contributed by atoms with Gasteiger partial charge in [-0.3, -0.25) is 0 Å². The van der Waals surface area contributed by atoms with E-state index in [1.807, 2.05) is 0 Å². The van der Waals surface area contributed by atoms with Crippen LogP contribution in [-0.2, 0) is 9.47 Å². The van der Waals surface area contributed by atoms with Gasteiger partial charge in [0, 0.05) is 12.3 Å². The van der Waals surface area contributed by atoms with Crippen LogP contribution in [0.15, 0.2) is 11.6 Å². The van der Waals surface area contributed by atoms with Crippen molar-refractivity contribution in [3.63, 3.8) is 0 Å². The molecule has 168 valence electrons. The van der Waals surface area contributed by atoms with Gasteiger partial charge in [-0.05, 0) is 91.8 Å². The Kier molecular flexibility index (Phi) is 4.44. The van der Waals surface area contributed by atoms with Crippen LogP contribution in [0.25, 0.3) is 0 Å². The van der Waals surface area contributed by atoms with Crippen molar-refractivity contribution in [3.8, 4) is 0 Å². The SMILES string of the molecule is C[C@@H]1CC[C@@]2(OC1)O[C@H]1CC3C4CC=C5C[C@@H](O)CC[C@]5(C)C4CC[C@]3(C)[C@H]1[C@@H]2C. The molecule has 0 radical (unpaired) electrons. The summed E-state index contributed by atoms with van der Waals surface area (Å²) in [6.07, 6.45) is 13.5. The Hall–Kier alpha value is -0.380. The third-order valence-electron chi connectivity index (χ3n) is 11.3. The predicted molar refractivity (Wildman–Crippen MR) is 118 cm³/mol. The van der Waals surface area contributed by atoms with Gasteiger partial charge in [-0.15, -0.1) is 0 Å². The Morgan fingerprint density at radius 2 is 1.87 bits per heavy atom. The minimum Gasteiger partial charge on any atom is -0.393 e. The van der Waals surface area contributed by atoms with Crippen molar-refractivity contribution in [1.29, 1.82) is 0 Å². The lowest BCUT2D eigenvalue weighted by Crippen LogP contribution is -2.52. The molecule has 2 heterocycles. The fourth-order valence-corrected chi connectivity index (χ4v) is 9.66. The van der Waals surface area contributed by atoms with E-state index in [9.17, 15) is 5.11 Å². The topological polar surface area (TPSA) is 38.7 Å². The standard InChI is InChI=1S/C27H42O3/c1-16-7-12-27(29-15-16)17(2)24-23(30-27)14-22-20-6-5-18-13-19(28)8-10-25(18,3)21(20)9-11-26(22,24)4/h5,16-17,19-24,28H,6-15H2,1-4H3/t16-,17+,19+,20?,21?,22?,23+,24+,25+,26+,27-/m1/s1. The molecule has 3 heteroatoms. The quantitative estimate of drug-likeness (QED) is 0.516. The van der Waals surface area contributed by atoms with Gasteiger partial charge in [-0.1, -0.05) is 39.3 Å². The van der Waals surface area contributed by atoms with Gasteiger partial charge in [0.05, 0.1) is 18.8 Å². The number of hydrogen-bond donors (Lipinski definition) is 1. The first-order chi connectivity index (χ1) is 14.3. The van der Waals surface area contributed by atoms with E-state index in [0.29, 0.717) is 34.7 Å². The number of ether oxygens (including phenoxy) is 2. The molecule has 0 aromatic rings. The van der Waals surface area contributed by atoms with E-state index in [-0.39, 0.29) is 11.9 Å². The predicted octanol–water partition coefficient (Wildman–Crippen LogP) is 5.71. The maximum atomic E-state index is 10.3. The van der Waals surface area contributed by atoms with Gasteiger partial charge in [-0.25, -0.2) is 0 Å². The average molecular weight is 415 g/mol. The number of aliphatic hydroxyl groups excluding tert-OH is 1. The molecule has 1 spiro atoms. The summed E-state index contributed by atoms with van der Waals surface area (Å²) in [5.74, 6) is 3.94. The second kappa shape index (κ2) is 6.58. The summed E-state index contributed by atoms with van der Waals surface area (Å²) >= 11 is 0. The minimum atomic E-state index is -0.294. The molecule has 1 N–H and O–H groups in total. The van der Waals surface area contributed by atoms with E-state index in [1.54, 1.807) is 5.57 Å². The second-order valence-electron chi connectivity index (χ2n) is 12.7. The zero-order valence-corrected chi connectivity index (χ0v) is 19.5. The highest BCUT2D eigenvalue weighted by molar-refractivity contribution is 5.26. The number of aliphatic hydroxyl groups is 1. The molecule has 0 aromatic heterocycles. The highest BCUT2D eigenvalue weighted by atomic mass is 16.7. The fourth-order valence-electron chi connectivity index (χ4n) is 9.66. The van der Waals surface area contributed by atoms with Crippen molar-refractivity contribution < 1.29 is 14.6 Å². The summed E-state index contributed by atoms with van der Waals surface area (Å²) in [6.45, 7) is 10.8. The van der Waals surface area contributed by atoms with E-state index < -0.39 is 0 Å². The van der Waals surface area contributed by atoms with E-state index in [4.69, 9.17) is 9.47 Å². The summed E-state index contributed by atoms with van der Waals surface area (Å²) < 4.78 is 13.3. The molecule has 6 aliphatic rings. The number of allylic oxidation sites excluding steroid dienone is 1. The van der Waals surface area contributed by atoms with Crippen LogP contribution in [0.3, 0.4) is 0 Å². The molecule has 30 heavy (non-hydrogen) atoms. The molecule has 0 bridgehead atoms. The number of rotatable bonds is 0. The molecule has 3 saturated carbocycles. The lowest BCUT2D eigenvalue weighted by Gasteiger charge is -2.58. The highest BCUT2D eigenvalue weighted by Gasteiger charge is 2.68. The van der Waals surface area contributed by atoms with Crippen molar-refractivity contribution in [3.05, 3.63) is 11.6 Å². The zero-order chi connectivity index (χ0) is 20.9. The Labute approximate surface area is 183 Å². The summed E-state index contributed by atoms with van der Waals surface area (Å²) in [4.78, 5) is 0. The summed E-state index contributed by atoms with van der Waals surface area (Å²) in [5, 5.41) is 10.3. The molecule has 5 fully saturated rings. The second-order valence-corrected chi connectivity index (χ2v) is 12.7. The van der Waals surface area contributed by atoms with Crippen molar-refractivity contribution in [2.45, 2.75) is 103 Å². The molecule has 0 amide bonds. The highest BCUT2D eigenvalue weighted by Crippen LogP contribution is 2.70. The van der Waals surface area contributed by atoms with Crippen LogP contribution in [0.1, 0.15) is 85.5 Å². The summed E-state index contributed by atoms with van der Waals surface area (Å²) in [7, 11) is 0. The molecule has 3 nitrogen and oxygen atoms in total. The summed E-state index contributed by atoms with van der Waals surface area (Å²) in [5.41, 5.74) is 2.31. The molecule has 3 unspecified atom stereocenters. The molecular weight excluding hydrogens is 372 g/mol. The van der Waals surface area contributed by atoms with Gasteiger partial charge in [0.2, 0.25) is 0 Å². The first-order valence-electron chi connectivity index (χ1n) is 13.0. The minimum absolute atomic E-state index is 0.107. The van der Waals surface area contributed by atoms with Gasteiger partial charge in [0.1, 0.15) is 0 Å². The van der Waals surface area contributed by atoms with Gasteiger partial charge in [-0.2, -0.15) is 0 Å². The van der Waals surface area contributed by atoms with Crippen LogP contribution < -0.4 is 0 Å². The zero-order valence-electron chi connectivity index (χ0n) is 19.5. The first-order valence-corrected chi connectivity index (χ1v) is 13.0. The van der Waals surface area contributed by atoms with Crippen LogP contribution >= 0.6 is 0 Å². The fraction of sp³-hybridized carbons (Fsp3) is 0.926. The lowest BCUT2D eigenvalue weighted by molar-refractivity contribution is -0.272. The first kappa shape index (κ1) is 20.2. The van der Waals surface area contributed by atoms with Crippen molar-refractivity contribution in [2.24, 2.45) is 46.3 Å². The van der Waals surface area contributed by atoms with Crippen LogP contribution in [0.2, 0.25) is 0 Å². The van der Waals surface area contributed by atoms with Gasteiger partial charge >= 0.3 is 0 Å². The van der Waals surface area contributed by atoms with Crippen LogP contribution in [0.5, 0.6) is 0 Å². The Bertz CT molecular complexity index is 736. The van der Waals surface area contributed by atoms with Gasteiger partial charge in [0.25, 0.3) is 0 Å². The maximum Gasteiger partial charge on any atom is 0.171 e. The van der Waals surface area contributed by atoms with Crippen molar-refractivity contribution >= 4 is 0 Å². The largest absolute Gasteiger partial charge is 0.393 e. The maximum absolute atomic E-state index is 10.3. The molecular formula is C27H42O3. The van der Waals surface area contributed by atoms with E-state index in [0.717, 1.165) is 43.6 Å². The third kappa shape index (κ3) is 2.55. The van der Waals surface area contributed by atoms with Crippen LogP contribution in [0.4, 0.5) is 0 Å². The van der Waals surface area contributed by atoms with E-state index in [2.05, 4.69) is 33.8 Å². The molecule has 0 aromatic carbocycles. The molecule has 6 rings (SSSR count). The summed E-state index contributed by atoms with van der Waals surface area (Å²) in [6, 6.07) is 0. The van der Waals surface area contributed by atoms with Gasteiger partial charge < -0.3 is 14.6 Å². The molecule has 4 aliphatic carbocycles. The number of hydrogen-bond acceptors (Lipinski definition) is 3. The smallest absolute Gasteiger partial charge is 0.171 e. The Morgan fingerprint density at radius 1 is 1.03 bits per heavy atom. The Morgan fingerprint density at radius 3 is 2.63 bits per heavy atom. The molecule has 11 atom stereocenters. The molecule has 2 aliphatic heterocycles. The van der Waals surface area contributed by atoms with Gasteiger partial charge in [0.15, 0.2) is 5.79 Å².